The molecule has 0 aromatic rings. The third-order valence-electron chi connectivity index (χ3n) is 0.214. The van der Waals surface area contributed by atoms with E-state index in [1.807, 2.05) is 0 Å². The van der Waals surface area contributed by atoms with Gasteiger partial charge in [0.1, 0.15) is 0 Å². The molecule has 0 aromatic carbocycles. The van der Waals surface area contributed by atoms with Crippen molar-refractivity contribution in [1.82, 2.24) is 0 Å². The average molecular weight is 112 g/mol. The number of carbonyl (C=O) groups is 1. The van der Waals surface area contributed by atoms with Crippen LogP contribution in [0.4, 0.5) is 0 Å². The number of carboxylic acid groups (broad SMARTS) is 1. The molecule has 1 N–H and O–H groups in total. The summed E-state index contributed by atoms with van der Waals surface area (Å²) in [6, 6.07) is 0. The Morgan fingerprint density at radius 2 is 2.00 bits per heavy atom. The predicted molar refractivity (Wildman–Crippen MR) is 17.6 cm³/mol. The summed E-state index contributed by atoms with van der Waals surface area (Å²) in [5.41, 5.74) is 0. The minimum absolute atomic E-state index is 0. The van der Waals surface area contributed by atoms with Crippen LogP contribution in [0.5, 0.6) is 0 Å². The molecule has 0 saturated heterocycles. The summed E-state index contributed by atoms with van der Waals surface area (Å²) in [7, 11) is 0. The Balaban J connectivity index is 0. The molecular weight excluding hydrogens is 107 g/mol. The molecule has 0 aliphatic carbocycles. The van der Waals surface area contributed by atoms with Crippen LogP contribution in [0.15, 0.2) is 0 Å². The molecule has 2 nitrogen and oxygen atoms in total. The Morgan fingerprint density at radius 3 is 2.00 bits per heavy atom. The van der Waals surface area contributed by atoms with E-state index in [1.54, 1.807) is 0 Å². The van der Waals surface area contributed by atoms with E-state index < -0.39 is 5.97 Å². The molecule has 6 heavy (non-hydrogen) atoms. The predicted octanol–water partition coefficient (Wildman–Crippen LogP) is -2.70. The minimum Gasteiger partial charge on any atom is -0.483 e. The second-order valence-corrected chi connectivity index (χ2v) is 0.644. The van der Waals surface area contributed by atoms with Crippen LogP contribution in [0, 0.1) is 6.92 Å². The summed E-state index contributed by atoms with van der Waals surface area (Å²) in [4.78, 5) is 9.31. The Bertz CT molecular complexity index is 44.1. The van der Waals surface area contributed by atoms with E-state index >= 15 is 0 Å². The first-order valence-electron chi connectivity index (χ1n) is 1.28. The van der Waals surface area contributed by atoms with Crippen molar-refractivity contribution in [3.8, 4) is 0 Å². The summed E-state index contributed by atoms with van der Waals surface area (Å²) in [5, 5.41) is 7.66. The summed E-state index contributed by atoms with van der Waals surface area (Å²) in [6.45, 7) is 3.09. The Morgan fingerprint density at radius 1 is 1.83 bits per heavy atom. The molecule has 0 amide bonds. The van der Waals surface area contributed by atoms with Crippen molar-refractivity contribution in [3.63, 3.8) is 0 Å². The van der Waals surface area contributed by atoms with Gasteiger partial charge in [0, 0.05) is 0 Å². The monoisotopic (exact) mass is 112 g/mol. The van der Waals surface area contributed by atoms with Gasteiger partial charge in [0.05, 0.1) is 0 Å². The molecule has 0 aliphatic rings. The SMILES string of the molecule is [CH2-]CC(=O)O.[K+]. The van der Waals surface area contributed by atoms with Crippen LogP contribution in [-0.4, -0.2) is 11.1 Å². The van der Waals surface area contributed by atoms with Gasteiger partial charge in [-0.2, -0.15) is 0 Å². The first kappa shape index (κ1) is 10.2. The number of hydrogen-bond donors (Lipinski definition) is 1. The zero-order valence-corrected chi connectivity index (χ0v) is 6.89. The second-order valence-electron chi connectivity index (χ2n) is 0.644. The molecule has 0 fully saturated rings. The van der Waals surface area contributed by atoms with E-state index in [-0.39, 0.29) is 57.8 Å². The zero-order valence-electron chi connectivity index (χ0n) is 3.77. The molecule has 0 rings (SSSR count). The van der Waals surface area contributed by atoms with Gasteiger partial charge in [0.15, 0.2) is 0 Å². The van der Waals surface area contributed by atoms with Crippen LogP contribution in [0.3, 0.4) is 0 Å². The summed E-state index contributed by atoms with van der Waals surface area (Å²) >= 11 is 0. The van der Waals surface area contributed by atoms with Crippen molar-refractivity contribution in [2.24, 2.45) is 0 Å². The fourth-order valence-electron chi connectivity index (χ4n) is 0. The Hall–Kier alpha value is 1.11. The number of aliphatic carboxylic acids is 1. The van der Waals surface area contributed by atoms with Crippen molar-refractivity contribution in [2.75, 3.05) is 0 Å². The third-order valence-corrected chi connectivity index (χ3v) is 0.214. The molecule has 0 heterocycles. The molecule has 30 valence electrons. The Kier molecular flexibility index (Phi) is 10.3. The minimum atomic E-state index is -0.856. The number of carboxylic acids is 1. The number of rotatable bonds is 1. The van der Waals surface area contributed by atoms with Crippen LogP contribution in [0.2, 0.25) is 0 Å². The van der Waals surface area contributed by atoms with Crippen molar-refractivity contribution < 1.29 is 61.3 Å². The zero-order chi connectivity index (χ0) is 4.28. The maximum absolute atomic E-state index is 9.31. The molecule has 0 atom stereocenters. The maximum atomic E-state index is 9.31. The molecule has 0 radical (unpaired) electrons. The van der Waals surface area contributed by atoms with Gasteiger partial charge in [-0.25, -0.2) is 0 Å². The molecule has 0 spiro atoms. The molecule has 3 heteroatoms. The fraction of sp³-hybridized carbons (Fsp3) is 0.333. The third kappa shape index (κ3) is 8.92. The van der Waals surface area contributed by atoms with Gasteiger partial charge in [-0.05, 0) is 0 Å². The topological polar surface area (TPSA) is 37.3 Å². The van der Waals surface area contributed by atoms with Crippen LogP contribution in [-0.2, 0) is 4.79 Å². The number of hydrogen-bond acceptors (Lipinski definition) is 1. The van der Waals surface area contributed by atoms with Crippen molar-refractivity contribution >= 4 is 5.97 Å². The maximum Gasteiger partial charge on any atom is 1.00 e. The van der Waals surface area contributed by atoms with E-state index in [9.17, 15) is 4.79 Å². The van der Waals surface area contributed by atoms with Gasteiger partial charge in [-0.1, -0.05) is 6.42 Å². The van der Waals surface area contributed by atoms with E-state index in [2.05, 4.69) is 6.92 Å². The standard InChI is InChI=1S/C3H5O2.K/c1-2-3(4)5;/h1-2H2,(H,4,5);/q-1;+1. The molecule has 0 saturated carbocycles. The molecule has 0 aliphatic heterocycles. The van der Waals surface area contributed by atoms with Gasteiger partial charge >= 0.3 is 51.4 Å². The van der Waals surface area contributed by atoms with Crippen LogP contribution < -0.4 is 51.4 Å². The molecule has 0 bridgehead atoms. The van der Waals surface area contributed by atoms with Gasteiger partial charge in [-0.15, -0.1) is 0 Å². The molecule has 0 aromatic heterocycles. The Labute approximate surface area is 79.3 Å². The van der Waals surface area contributed by atoms with E-state index in [4.69, 9.17) is 5.11 Å². The quantitative estimate of drug-likeness (QED) is 0.296. The van der Waals surface area contributed by atoms with Crippen molar-refractivity contribution in [1.29, 1.82) is 0 Å². The van der Waals surface area contributed by atoms with Crippen molar-refractivity contribution in [2.45, 2.75) is 6.42 Å². The normalized spacial score (nSPS) is 6.17. The fourth-order valence-corrected chi connectivity index (χ4v) is 0. The van der Waals surface area contributed by atoms with Crippen LogP contribution in [0.1, 0.15) is 6.42 Å². The first-order valence-corrected chi connectivity index (χ1v) is 1.28. The van der Waals surface area contributed by atoms with E-state index in [1.165, 1.54) is 0 Å². The molecule has 0 unspecified atom stereocenters. The van der Waals surface area contributed by atoms with Gasteiger partial charge in [0.25, 0.3) is 5.97 Å². The summed E-state index contributed by atoms with van der Waals surface area (Å²) in [6.07, 6.45) is -0.0278. The second kappa shape index (κ2) is 6.11. The van der Waals surface area contributed by atoms with Crippen LogP contribution in [0.25, 0.3) is 0 Å². The van der Waals surface area contributed by atoms with Gasteiger partial charge in [0.2, 0.25) is 0 Å². The van der Waals surface area contributed by atoms with E-state index in [0.29, 0.717) is 0 Å². The van der Waals surface area contributed by atoms with Crippen LogP contribution >= 0.6 is 0 Å². The van der Waals surface area contributed by atoms with Gasteiger partial charge in [-0.3, -0.25) is 4.79 Å². The largest absolute Gasteiger partial charge is 1.00 e. The summed E-state index contributed by atoms with van der Waals surface area (Å²) in [5.74, 6) is -0.856. The molecular formula is C3H5KO2. The van der Waals surface area contributed by atoms with E-state index in [0.717, 1.165) is 0 Å². The van der Waals surface area contributed by atoms with Crippen molar-refractivity contribution in [3.05, 3.63) is 6.92 Å². The first-order chi connectivity index (χ1) is 2.27. The summed E-state index contributed by atoms with van der Waals surface area (Å²) < 4.78 is 0. The smallest absolute Gasteiger partial charge is 0.483 e. The van der Waals surface area contributed by atoms with Gasteiger partial charge < -0.3 is 12.0 Å². The average Bonchev–Trinajstić information content (AvgIpc) is 1.38.